The standard InChI is InChI=1S/C16H25NO2/c1-13(2)12-11-7-14(3,19-13)8-16(12,17)15(9-18)5-4-10(11)6-15/h4-5,10-12,18H,6-9,17H2,1-3H3/t10-,11+,12-,14-,15+,16-/m0/s1. The van der Waals surface area contributed by atoms with Crippen LogP contribution in [-0.4, -0.2) is 28.5 Å². The fraction of sp³-hybridized carbons (Fsp3) is 0.875. The van der Waals surface area contributed by atoms with E-state index in [-0.39, 0.29) is 28.8 Å². The Bertz CT molecular complexity index is 471. The Morgan fingerprint density at radius 2 is 2.05 bits per heavy atom. The van der Waals surface area contributed by atoms with Gasteiger partial charge in [-0.2, -0.15) is 0 Å². The zero-order valence-electron chi connectivity index (χ0n) is 12.1. The van der Waals surface area contributed by atoms with E-state index in [0.29, 0.717) is 17.8 Å². The first-order valence-corrected chi connectivity index (χ1v) is 7.55. The van der Waals surface area contributed by atoms with Gasteiger partial charge >= 0.3 is 0 Å². The number of hydrogen-bond acceptors (Lipinski definition) is 3. The van der Waals surface area contributed by atoms with E-state index in [1.54, 1.807) is 0 Å². The van der Waals surface area contributed by atoms with Crippen LogP contribution in [0.25, 0.3) is 0 Å². The largest absolute Gasteiger partial charge is 0.395 e. The number of fused-ring (bicyclic) bond motifs is 3. The third-order valence-electron chi connectivity index (χ3n) is 6.60. The van der Waals surface area contributed by atoms with Crippen LogP contribution in [0.4, 0.5) is 0 Å². The van der Waals surface area contributed by atoms with E-state index in [1.165, 1.54) is 0 Å². The first-order chi connectivity index (χ1) is 8.75. The van der Waals surface area contributed by atoms with Gasteiger partial charge in [0, 0.05) is 16.9 Å². The number of hydrogen-bond donors (Lipinski definition) is 2. The van der Waals surface area contributed by atoms with Crippen LogP contribution in [0, 0.1) is 23.2 Å². The van der Waals surface area contributed by atoms with Crippen LogP contribution in [0.1, 0.15) is 40.0 Å². The van der Waals surface area contributed by atoms with Gasteiger partial charge in [0.15, 0.2) is 0 Å². The highest BCUT2D eigenvalue weighted by molar-refractivity contribution is 5.33. The van der Waals surface area contributed by atoms with Gasteiger partial charge < -0.3 is 15.6 Å². The molecule has 3 N–H and O–H groups in total. The van der Waals surface area contributed by atoms with Crippen LogP contribution in [0.5, 0.6) is 0 Å². The van der Waals surface area contributed by atoms with Crippen LogP contribution in [0.15, 0.2) is 12.2 Å². The molecule has 0 amide bonds. The Morgan fingerprint density at radius 1 is 1.32 bits per heavy atom. The number of rotatable bonds is 1. The van der Waals surface area contributed by atoms with Crippen LogP contribution in [-0.2, 0) is 4.74 Å². The maximum atomic E-state index is 10.1. The zero-order chi connectivity index (χ0) is 13.7. The first-order valence-electron chi connectivity index (χ1n) is 7.55. The molecule has 106 valence electrons. The van der Waals surface area contributed by atoms with Gasteiger partial charge in [-0.15, -0.1) is 0 Å². The van der Waals surface area contributed by atoms with E-state index in [2.05, 4.69) is 32.9 Å². The van der Waals surface area contributed by atoms with Crippen molar-refractivity contribution in [1.29, 1.82) is 0 Å². The van der Waals surface area contributed by atoms with E-state index in [0.717, 1.165) is 19.3 Å². The van der Waals surface area contributed by atoms with Crippen molar-refractivity contribution in [2.45, 2.75) is 56.8 Å². The van der Waals surface area contributed by atoms with E-state index in [1.807, 2.05) is 0 Å². The van der Waals surface area contributed by atoms with Crippen molar-refractivity contribution >= 4 is 0 Å². The SMILES string of the molecule is CC1(C)O[C@@]2(C)C[C@@H]3[C@H]4C=C[C@](CO)(C4)[C@](N)(C2)[C@@H]31. The summed E-state index contributed by atoms with van der Waals surface area (Å²) in [6, 6.07) is 0. The summed E-state index contributed by atoms with van der Waals surface area (Å²) < 4.78 is 6.39. The minimum absolute atomic E-state index is 0.122. The third-order valence-corrected chi connectivity index (χ3v) is 6.60. The van der Waals surface area contributed by atoms with Crippen LogP contribution in [0.3, 0.4) is 0 Å². The quantitative estimate of drug-likeness (QED) is 0.710. The smallest absolute Gasteiger partial charge is 0.0682 e. The lowest BCUT2D eigenvalue weighted by Gasteiger charge is -2.71. The molecule has 0 aromatic carbocycles. The second kappa shape index (κ2) is 3.10. The summed E-state index contributed by atoms with van der Waals surface area (Å²) in [6.45, 7) is 6.78. The second-order valence-corrected chi connectivity index (χ2v) is 8.26. The minimum Gasteiger partial charge on any atom is -0.395 e. The average Bonchev–Trinajstić information content (AvgIpc) is 2.67. The third kappa shape index (κ3) is 1.21. The Morgan fingerprint density at radius 3 is 2.68 bits per heavy atom. The monoisotopic (exact) mass is 263 g/mol. The van der Waals surface area contributed by atoms with E-state index in [9.17, 15) is 5.11 Å². The van der Waals surface area contributed by atoms with Gasteiger partial charge in [0.05, 0.1) is 17.8 Å². The summed E-state index contributed by atoms with van der Waals surface area (Å²) >= 11 is 0. The average molecular weight is 263 g/mol. The molecule has 2 heterocycles. The molecule has 2 saturated heterocycles. The Hall–Kier alpha value is -0.380. The summed E-state index contributed by atoms with van der Waals surface area (Å²) in [6.07, 6.45) is 7.60. The predicted octanol–water partition coefficient (Wildman–Crippen LogP) is 1.85. The molecule has 5 rings (SSSR count). The summed E-state index contributed by atoms with van der Waals surface area (Å²) in [7, 11) is 0. The molecular weight excluding hydrogens is 238 g/mol. The molecule has 2 saturated carbocycles. The fourth-order valence-electron chi connectivity index (χ4n) is 6.36. The number of nitrogens with two attached hydrogens (primary N) is 1. The molecule has 0 radical (unpaired) electrons. The lowest BCUT2D eigenvalue weighted by molar-refractivity contribution is -0.308. The van der Waals surface area contributed by atoms with Crippen molar-refractivity contribution in [2.75, 3.05) is 6.61 Å². The van der Waals surface area contributed by atoms with Crippen molar-refractivity contribution in [3.8, 4) is 0 Å². The lowest BCUT2D eigenvalue weighted by atomic mass is 9.42. The Labute approximate surface area is 115 Å². The number of aliphatic hydroxyl groups is 1. The molecule has 0 spiro atoms. The highest BCUT2D eigenvalue weighted by Gasteiger charge is 2.73. The van der Waals surface area contributed by atoms with Gasteiger partial charge in [-0.3, -0.25) is 0 Å². The molecule has 0 unspecified atom stereocenters. The Balaban J connectivity index is 1.93. The van der Waals surface area contributed by atoms with Gasteiger partial charge in [0.1, 0.15) is 0 Å². The highest BCUT2D eigenvalue weighted by atomic mass is 16.5. The summed E-state index contributed by atoms with van der Waals surface area (Å²) in [5.74, 6) is 1.55. The van der Waals surface area contributed by atoms with E-state index >= 15 is 0 Å². The summed E-state index contributed by atoms with van der Waals surface area (Å²) in [4.78, 5) is 0. The van der Waals surface area contributed by atoms with Crippen LogP contribution in [0.2, 0.25) is 0 Å². The summed E-state index contributed by atoms with van der Waals surface area (Å²) in [5, 5.41) is 10.1. The molecule has 6 bridgehead atoms. The van der Waals surface area contributed by atoms with Crippen molar-refractivity contribution in [3.05, 3.63) is 12.2 Å². The van der Waals surface area contributed by atoms with Crippen molar-refractivity contribution in [3.63, 3.8) is 0 Å². The predicted molar refractivity (Wildman–Crippen MR) is 73.5 cm³/mol. The van der Waals surface area contributed by atoms with Gasteiger partial charge in [-0.05, 0) is 51.9 Å². The molecule has 3 aliphatic carbocycles. The topological polar surface area (TPSA) is 55.5 Å². The molecule has 3 nitrogen and oxygen atoms in total. The Kier molecular flexibility index (Phi) is 2.02. The van der Waals surface area contributed by atoms with Gasteiger partial charge in [-0.1, -0.05) is 12.2 Å². The molecule has 5 aliphatic rings. The van der Waals surface area contributed by atoms with Gasteiger partial charge in [0.2, 0.25) is 0 Å². The molecule has 3 heteroatoms. The zero-order valence-corrected chi connectivity index (χ0v) is 12.1. The summed E-state index contributed by atoms with van der Waals surface area (Å²) in [5.41, 5.74) is 6.14. The van der Waals surface area contributed by atoms with E-state index in [4.69, 9.17) is 10.5 Å². The lowest BCUT2D eigenvalue weighted by Crippen LogP contribution is -2.79. The number of allylic oxidation sites excluding steroid dienone is 1. The first kappa shape index (κ1) is 12.4. The molecule has 0 aromatic rings. The molecule has 19 heavy (non-hydrogen) atoms. The minimum atomic E-state index is -0.315. The van der Waals surface area contributed by atoms with Crippen LogP contribution < -0.4 is 5.73 Å². The molecular formula is C16H25NO2. The molecule has 0 aromatic heterocycles. The maximum Gasteiger partial charge on any atom is 0.0682 e. The fourth-order valence-corrected chi connectivity index (χ4v) is 6.36. The normalized spacial score (nSPS) is 60.6. The number of aliphatic hydroxyl groups excluding tert-OH is 1. The van der Waals surface area contributed by atoms with Gasteiger partial charge in [0.25, 0.3) is 0 Å². The van der Waals surface area contributed by atoms with Crippen molar-refractivity contribution < 1.29 is 9.84 Å². The molecule has 4 fully saturated rings. The van der Waals surface area contributed by atoms with Crippen LogP contribution >= 0.6 is 0 Å². The van der Waals surface area contributed by atoms with E-state index < -0.39 is 0 Å². The van der Waals surface area contributed by atoms with Gasteiger partial charge in [-0.25, -0.2) is 0 Å². The van der Waals surface area contributed by atoms with Crippen molar-refractivity contribution in [2.24, 2.45) is 28.9 Å². The highest BCUT2D eigenvalue weighted by Crippen LogP contribution is 2.69. The maximum absolute atomic E-state index is 10.1. The second-order valence-electron chi connectivity index (χ2n) is 8.26. The molecule has 6 atom stereocenters. The van der Waals surface area contributed by atoms with Crippen molar-refractivity contribution in [1.82, 2.24) is 0 Å². The molecule has 2 aliphatic heterocycles. The number of ether oxygens (including phenoxy) is 1.